The van der Waals surface area contributed by atoms with Crippen LogP contribution in [-0.2, 0) is 0 Å². The first-order valence-corrected chi connectivity index (χ1v) is 13.8. The van der Waals surface area contributed by atoms with Crippen molar-refractivity contribution in [2.75, 3.05) is 84.6 Å². The Balaban J connectivity index is 3.06. The van der Waals surface area contributed by atoms with E-state index in [-0.39, 0.29) is 12.1 Å². The first kappa shape index (κ1) is 29.2. The van der Waals surface area contributed by atoms with Crippen LogP contribution in [0, 0.1) is 0 Å². The van der Waals surface area contributed by atoms with Gasteiger partial charge in [0.25, 0.3) is 0 Å². The maximum absolute atomic E-state index is 4.66. The van der Waals surface area contributed by atoms with Crippen LogP contribution in [0.5, 0.6) is 0 Å². The molecule has 2 unspecified atom stereocenters. The molecule has 0 spiro atoms. The van der Waals surface area contributed by atoms with Crippen LogP contribution in [0.2, 0.25) is 0 Å². The van der Waals surface area contributed by atoms with Gasteiger partial charge in [0.2, 0.25) is 0 Å². The van der Waals surface area contributed by atoms with Gasteiger partial charge >= 0.3 is 0 Å². The molecule has 0 aliphatic heterocycles. The molecule has 1 aliphatic rings. The Bertz CT molecular complexity index is 726. The highest BCUT2D eigenvalue weighted by Gasteiger charge is 2.30. The molecule has 0 aromatic heterocycles. The van der Waals surface area contributed by atoms with E-state index in [2.05, 4.69) is 70.6 Å². The van der Waals surface area contributed by atoms with Gasteiger partial charge in [0.15, 0.2) is 15.0 Å². The fraction of sp³-hybridized carbons (Fsp3) is 0.889. The second kappa shape index (κ2) is 12.6. The number of hydrogen-bond acceptors (Lipinski definition) is 2. The Morgan fingerprint density at radius 1 is 0.594 bits per heavy atom. The normalized spacial score (nSPS) is 20.9. The summed E-state index contributed by atoms with van der Waals surface area (Å²) in [5.74, 6) is 0. The molecule has 2 atom stereocenters. The van der Waals surface area contributed by atoms with Crippen molar-refractivity contribution in [1.82, 2.24) is 28.0 Å². The Morgan fingerprint density at radius 2 is 0.969 bits per heavy atom. The van der Waals surface area contributed by atoms with Gasteiger partial charge in [-0.05, 0) is 108 Å². The van der Waals surface area contributed by atoms with E-state index in [1.54, 1.807) is 0 Å². The van der Waals surface area contributed by atoms with Crippen LogP contribution in [0.25, 0.3) is 0 Å². The lowest BCUT2D eigenvalue weighted by atomic mass is 9.99. The van der Waals surface area contributed by atoms with Gasteiger partial charge in [0.05, 0.1) is 12.1 Å². The molecule has 1 aliphatic carbocycles. The molecule has 12 nitrogen and oxygen atoms in total. The van der Waals surface area contributed by atoms with Crippen LogP contribution in [-0.4, -0.2) is 125 Å². The lowest BCUT2D eigenvalue weighted by molar-refractivity contribution is 0.466. The minimum Gasteiger partial charge on any atom is -0.250 e. The zero-order valence-electron chi connectivity index (χ0n) is 22.0. The minimum absolute atomic E-state index is 0.0252. The van der Waals surface area contributed by atoms with Gasteiger partial charge < -0.3 is 0 Å². The second-order valence-corrected chi connectivity index (χ2v) is 16.2. The number of hydrogen-bond donors (Lipinski definition) is 0. The summed E-state index contributed by atoms with van der Waals surface area (Å²) in [7, 11) is 20.1. The van der Waals surface area contributed by atoms with Crippen molar-refractivity contribution in [2.24, 2.45) is 30.4 Å². The smallest absolute Gasteiger partial charge is 0.193 e. The number of rotatable bonds is 10. The molecular formula is C18H44N12P2. The van der Waals surface area contributed by atoms with E-state index in [4.69, 9.17) is 0 Å². The van der Waals surface area contributed by atoms with E-state index >= 15 is 0 Å². The molecule has 0 aromatic rings. The third-order valence-corrected chi connectivity index (χ3v) is 12.3. The molecule has 0 N–H and O–H groups in total. The fourth-order valence-electron chi connectivity index (χ4n) is 3.95. The SMILES string of the molecule is CN(C)P(=NN=NC1C=CCC(N=NN=P(N(C)C)(N(C)C)N(C)C)C1)(N(C)C)N(C)C. The van der Waals surface area contributed by atoms with Gasteiger partial charge in [-0.1, -0.05) is 12.2 Å². The Morgan fingerprint density at radius 3 is 1.34 bits per heavy atom. The van der Waals surface area contributed by atoms with E-state index in [0.29, 0.717) is 0 Å². The molecule has 32 heavy (non-hydrogen) atoms. The maximum Gasteiger partial charge on any atom is 0.193 e. The minimum atomic E-state index is -2.09. The van der Waals surface area contributed by atoms with Gasteiger partial charge in [0, 0.05) is 0 Å². The summed E-state index contributed by atoms with van der Waals surface area (Å²) in [6.07, 6.45) is 5.72. The highest BCUT2D eigenvalue weighted by Crippen LogP contribution is 2.55. The first-order chi connectivity index (χ1) is 14.8. The van der Waals surface area contributed by atoms with Crippen molar-refractivity contribution in [2.45, 2.75) is 24.9 Å². The molecule has 1 rings (SSSR count). The lowest BCUT2D eigenvalue weighted by Crippen LogP contribution is -2.30. The van der Waals surface area contributed by atoms with Crippen molar-refractivity contribution in [3.05, 3.63) is 12.2 Å². The van der Waals surface area contributed by atoms with Crippen LogP contribution >= 0.6 is 15.0 Å². The maximum atomic E-state index is 4.66. The van der Waals surface area contributed by atoms with E-state index < -0.39 is 15.0 Å². The highest BCUT2D eigenvalue weighted by atomic mass is 31.2. The quantitative estimate of drug-likeness (QED) is 0.198. The van der Waals surface area contributed by atoms with Crippen LogP contribution < -0.4 is 0 Å². The summed E-state index contributed by atoms with van der Waals surface area (Å²) in [6.45, 7) is 0. The average molecular weight is 491 g/mol. The summed E-state index contributed by atoms with van der Waals surface area (Å²) in [6, 6.07) is -0.0434. The van der Waals surface area contributed by atoms with E-state index in [1.165, 1.54) is 0 Å². The summed E-state index contributed by atoms with van der Waals surface area (Å²) >= 11 is 0. The fourth-order valence-corrected chi connectivity index (χ4v) is 9.51. The van der Waals surface area contributed by atoms with Gasteiger partial charge in [-0.25, -0.2) is 0 Å². The summed E-state index contributed by atoms with van der Waals surface area (Å²) < 4.78 is 12.7. The van der Waals surface area contributed by atoms with Crippen LogP contribution in [0.3, 0.4) is 0 Å². The zero-order valence-corrected chi connectivity index (χ0v) is 23.8. The predicted molar refractivity (Wildman–Crippen MR) is 136 cm³/mol. The van der Waals surface area contributed by atoms with Crippen molar-refractivity contribution in [3.63, 3.8) is 0 Å². The molecule has 0 aromatic carbocycles. The average Bonchev–Trinajstić information content (AvgIpc) is 2.67. The molecule has 0 fully saturated rings. The van der Waals surface area contributed by atoms with E-state index in [1.807, 2.05) is 84.6 Å². The third kappa shape index (κ3) is 6.61. The lowest BCUT2D eigenvalue weighted by Gasteiger charge is -2.39. The monoisotopic (exact) mass is 490 g/mol. The molecule has 0 saturated heterocycles. The Labute approximate surface area is 195 Å². The zero-order chi connectivity index (χ0) is 24.7. The van der Waals surface area contributed by atoms with Crippen molar-refractivity contribution < 1.29 is 0 Å². The topological polar surface area (TPSA) is 93.6 Å². The molecule has 0 radical (unpaired) electrons. The van der Waals surface area contributed by atoms with Gasteiger partial charge in [0.1, 0.15) is 0 Å². The van der Waals surface area contributed by atoms with Gasteiger partial charge in [-0.2, -0.15) is 10.2 Å². The Kier molecular flexibility index (Phi) is 11.5. The molecule has 0 heterocycles. The predicted octanol–water partition coefficient (Wildman–Crippen LogP) is 4.07. The van der Waals surface area contributed by atoms with Gasteiger partial charge in [-0.15, -0.1) is 9.71 Å². The van der Waals surface area contributed by atoms with E-state index in [0.717, 1.165) is 12.8 Å². The van der Waals surface area contributed by atoms with Crippen molar-refractivity contribution in [1.29, 1.82) is 0 Å². The van der Waals surface area contributed by atoms with Crippen LogP contribution in [0.4, 0.5) is 0 Å². The van der Waals surface area contributed by atoms with Crippen molar-refractivity contribution in [3.8, 4) is 0 Å². The molecular weight excluding hydrogens is 446 g/mol. The molecule has 0 bridgehead atoms. The third-order valence-electron chi connectivity index (χ3n) is 5.23. The summed E-state index contributed by atoms with van der Waals surface area (Å²) in [4.78, 5) is 9.32. The molecule has 14 heteroatoms. The largest absolute Gasteiger partial charge is 0.250 e. The first-order valence-electron chi connectivity index (χ1n) is 10.6. The standard InChI is InChI=1S/C18H44N12P2/c1-25(2)31(26(3)4,27(5)6)23-21-19-17-14-13-15-18(16-17)20-22-24-32(28(7)8,29(9)10)30(11)12/h13-14,17-18H,15-16H2,1-12H3. The summed E-state index contributed by atoms with van der Waals surface area (Å²) in [5.41, 5.74) is 0. The van der Waals surface area contributed by atoms with Crippen LogP contribution in [0.1, 0.15) is 12.8 Å². The molecule has 0 amide bonds. The van der Waals surface area contributed by atoms with E-state index in [9.17, 15) is 0 Å². The second-order valence-electron chi connectivity index (χ2n) is 8.87. The van der Waals surface area contributed by atoms with Crippen LogP contribution in [0.15, 0.2) is 42.5 Å². The highest BCUT2D eigenvalue weighted by molar-refractivity contribution is 7.59. The molecule has 186 valence electrons. The Hall–Kier alpha value is -0.840. The van der Waals surface area contributed by atoms with Crippen molar-refractivity contribution >= 4 is 15.0 Å². The summed E-state index contributed by atoms with van der Waals surface area (Å²) in [5, 5.41) is 17.5. The number of nitrogens with zero attached hydrogens (tertiary/aromatic N) is 12. The molecule has 0 saturated carbocycles. The van der Waals surface area contributed by atoms with Gasteiger partial charge in [-0.3, -0.25) is 28.0 Å².